The molecule has 0 radical (unpaired) electrons. The summed E-state index contributed by atoms with van der Waals surface area (Å²) in [5.74, 6) is -0.543. The van der Waals surface area contributed by atoms with Crippen molar-refractivity contribution in [2.45, 2.75) is 6.36 Å². The summed E-state index contributed by atoms with van der Waals surface area (Å²) in [6, 6.07) is 13.6. The molecule has 0 saturated carbocycles. The number of alkyl halides is 3. The average molecular weight is 448 g/mol. The van der Waals surface area contributed by atoms with Crippen LogP contribution in [0.1, 0.15) is 5.76 Å². The van der Waals surface area contributed by atoms with E-state index in [9.17, 15) is 22.4 Å². The van der Waals surface area contributed by atoms with Crippen LogP contribution in [-0.4, -0.2) is 17.4 Å². The van der Waals surface area contributed by atoms with Gasteiger partial charge in [-0.15, -0.1) is 13.2 Å². The van der Waals surface area contributed by atoms with Gasteiger partial charge in [-0.1, -0.05) is 0 Å². The molecule has 31 heavy (non-hydrogen) atoms. The Balaban J connectivity index is 1.52. The number of halogens is 4. The van der Waals surface area contributed by atoms with E-state index in [1.807, 2.05) is 0 Å². The Kier molecular flexibility index (Phi) is 5.32. The Morgan fingerprint density at radius 1 is 1.00 bits per heavy atom. The first-order valence-corrected chi connectivity index (χ1v) is 9.55. The van der Waals surface area contributed by atoms with Crippen LogP contribution in [0.15, 0.2) is 70.0 Å². The van der Waals surface area contributed by atoms with E-state index in [0.717, 1.165) is 16.7 Å². The highest BCUT2D eigenvalue weighted by Gasteiger charge is 2.34. The Morgan fingerprint density at radius 2 is 1.68 bits per heavy atom. The van der Waals surface area contributed by atoms with E-state index in [1.54, 1.807) is 12.1 Å². The van der Waals surface area contributed by atoms with Crippen molar-refractivity contribution in [1.82, 2.24) is 0 Å². The van der Waals surface area contributed by atoms with E-state index >= 15 is 0 Å². The lowest BCUT2D eigenvalue weighted by atomic mass is 10.2. The Bertz CT molecular complexity index is 1170. The molecule has 4 rings (SSSR count). The summed E-state index contributed by atoms with van der Waals surface area (Å²) in [6.45, 7) is 0. The smallest absolute Gasteiger partial charge is 0.457 e. The predicted molar refractivity (Wildman–Crippen MR) is 108 cm³/mol. The molecular weight excluding hydrogens is 436 g/mol. The lowest BCUT2D eigenvalue weighted by molar-refractivity contribution is -0.274. The molecule has 2 heterocycles. The molecule has 3 aromatic rings. The Labute approximate surface area is 177 Å². The highest BCUT2D eigenvalue weighted by molar-refractivity contribution is 8.19. The summed E-state index contributed by atoms with van der Waals surface area (Å²) in [7, 11) is 0. The molecule has 0 unspecified atom stereocenters. The van der Waals surface area contributed by atoms with Crippen LogP contribution in [0.4, 0.5) is 23.2 Å². The molecular formula is C21H12F4N2O3S. The fourth-order valence-electron chi connectivity index (χ4n) is 2.85. The topological polar surface area (TPSA) is 66.5 Å². The van der Waals surface area contributed by atoms with Crippen LogP contribution in [0.5, 0.6) is 5.75 Å². The third kappa shape index (κ3) is 4.64. The minimum Gasteiger partial charge on any atom is -0.457 e. The molecule has 10 heteroatoms. The first kappa shape index (κ1) is 20.7. The van der Waals surface area contributed by atoms with Gasteiger partial charge in [0.1, 0.15) is 23.1 Å². The lowest BCUT2D eigenvalue weighted by Crippen LogP contribution is -2.28. The van der Waals surface area contributed by atoms with Gasteiger partial charge in [0.15, 0.2) is 5.17 Å². The molecule has 1 N–H and O–H groups in total. The Hall–Kier alpha value is -3.53. The largest absolute Gasteiger partial charge is 0.573 e. The van der Waals surface area contributed by atoms with Crippen LogP contribution >= 0.6 is 11.8 Å². The molecule has 0 atom stereocenters. The highest BCUT2D eigenvalue weighted by Crippen LogP contribution is 2.36. The second-order valence-corrected chi connectivity index (χ2v) is 7.34. The van der Waals surface area contributed by atoms with Crippen LogP contribution < -0.4 is 9.64 Å². The number of furan rings is 1. The standard InChI is InChI=1S/C21H12F4N2O3S/c22-13-3-5-14(6-4-13)27-19(28)18(31-20(27)26)11-16-9-10-17(29-16)12-1-7-15(8-2-12)30-21(23,24)25/h1-11,26H. The minimum atomic E-state index is -4.77. The average Bonchev–Trinajstić information content (AvgIpc) is 3.27. The predicted octanol–water partition coefficient (Wildman–Crippen LogP) is 6.04. The molecule has 1 aromatic heterocycles. The van der Waals surface area contributed by atoms with E-state index in [4.69, 9.17) is 9.83 Å². The maximum atomic E-state index is 13.1. The number of carbonyl (C=O) groups is 1. The third-order valence-corrected chi connectivity index (χ3v) is 5.07. The van der Waals surface area contributed by atoms with Crippen molar-refractivity contribution in [3.63, 3.8) is 0 Å². The second-order valence-electron chi connectivity index (χ2n) is 6.31. The number of hydrogen-bond acceptors (Lipinski definition) is 5. The van der Waals surface area contributed by atoms with E-state index in [0.29, 0.717) is 22.8 Å². The van der Waals surface area contributed by atoms with Gasteiger partial charge in [0.05, 0.1) is 10.6 Å². The summed E-state index contributed by atoms with van der Waals surface area (Å²) in [5, 5.41) is 8.02. The molecule has 1 fully saturated rings. The number of rotatable bonds is 4. The van der Waals surface area contributed by atoms with Gasteiger partial charge >= 0.3 is 6.36 Å². The van der Waals surface area contributed by atoms with Gasteiger partial charge in [0, 0.05) is 11.6 Å². The van der Waals surface area contributed by atoms with Gasteiger partial charge < -0.3 is 9.15 Å². The van der Waals surface area contributed by atoms with E-state index < -0.39 is 18.1 Å². The molecule has 0 bridgehead atoms. The van der Waals surface area contributed by atoms with E-state index in [1.165, 1.54) is 54.6 Å². The lowest BCUT2D eigenvalue weighted by Gasteiger charge is -2.13. The van der Waals surface area contributed by atoms with Crippen molar-refractivity contribution in [2.24, 2.45) is 0 Å². The van der Waals surface area contributed by atoms with Crippen molar-refractivity contribution in [1.29, 1.82) is 5.41 Å². The number of benzene rings is 2. The van der Waals surface area contributed by atoms with Gasteiger partial charge in [-0.05, 0) is 72.4 Å². The number of hydrogen-bond donors (Lipinski definition) is 1. The molecule has 1 saturated heterocycles. The number of amidine groups is 1. The zero-order chi connectivity index (χ0) is 22.2. The molecule has 5 nitrogen and oxygen atoms in total. The second kappa shape index (κ2) is 7.95. The number of amides is 1. The van der Waals surface area contributed by atoms with Gasteiger partial charge in [-0.3, -0.25) is 15.1 Å². The van der Waals surface area contributed by atoms with Crippen molar-refractivity contribution in [3.05, 3.63) is 77.1 Å². The van der Waals surface area contributed by atoms with Gasteiger partial charge in [-0.2, -0.15) is 0 Å². The van der Waals surface area contributed by atoms with Gasteiger partial charge in [0.2, 0.25) is 0 Å². The van der Waals surface area contributed by atoms with Crippen LogP contribution in [-0.2, 0) is 4.79 Å². The highest BCUT2D eigenvalue weighted by atomic mass is 32.2. The SMILES string of the molecule is N=C1SC(=Cc2ccc(-c3ccc(OC(F)(F)F)cc3)o2)C(=O)N1c1ccc(F)cc1. The van der Waals surface area contributed by atoms with Crippen LogP contribution in [0, 0.1) is 11.2 Å². The molecule has 0 spiro atoms. The zero-order valence-electron chi connectivity index (χ0n) is 15.4. The van der Waals surface area contributed by atoms with Gasteiger partial charge in [-0.25, -0.2) is 4.39 Å². The van der Waals surface area contributed by atoms with E-state index in [2.05, 4.69) is 4.74 Å². The number of nitrogens with one attached hydrogen (secondary N) is 1. The molecule has 158 valence electrons. The maximum absolute atomic E-state index is 13.1. The monoisotopic (exact) mass is 448 g/mol. The molecule has 2 aromatic carbocycles. The summed E-state index contributed by atoms with van der Waals surface area (Å²) < 4.78 is 59.4. The quantitative estimate of drug-likeness (QED) is 0.390. The fraction of sp³-hybridized carbons (Fsp3) is 0.0476. The number of anilines is 1. The number of ether oxygens (including phenoxy) is 1. The zero-order valence-corrected chi connectivity index (χ0v) is 16.3. The maximum Gasteiger partial charge on any atom is 0.573 e. The van der Waals surface area contributed by atoms with Gasteiger partial charge in [0.25, 0.3) is 5.91 Å². The first-order chi connectivity index (χ1) is 14.7. The summed E-state index contributed by atoms with van der Waals surface area (Å²) in [4.78, 5) is 14.1. The normalized spacial score (nSPS) is 15.7. The van der Waals surface area contributed by atoms with Crippen molar-refractivity contribution >= 4 is 34.6 Å². The third-order valence-electron chi connectivity index (χ3n) is 4.18. The van der Waals surface area contributed by atoms with Crippen molar-refractivity contribution in [2.75, 3.05) is 4.90 Å². The van der Waals surface area contributed by atoms with Crippen molar-refractivity contribution < 1.29 is 31.5 Å². The summed E-state index contributed by atoms with van der Waals surface area (Å²) >= 11 is 0.932. The molecule has 0 aliphatic carbocycles. The number of thioether (sulfide) groups is 1. The number of nitrogens with zero attached hydrogens (tertiary/aromatic N) is 1. The Morgan fingerprint density at radius 3 is 2.32 bits per heavy atom. The fourth-order valence-corrected chi connectivity index (χ4v) is 3.69. The molecule has 1 amide bonds. The number of carbonyl (C=O) groups excluding carboxylic acids is 1. The van der Waals surface area contributed by atoms with Crippen LogP contribution in [0.3, 0.4) is 0 Å². The summed E-state index contributed by atoms with van der Waals surface area (Å²) in [5.41, 5.74) is 0.888. The molecule has 1 aliphatic heterocycles. The summed E-state index contributed by atoms with van der Waals surface area (Å²) in [6.07, 6.45) is -3.30. The van der Waals surface area contributed by atoms with Crippen molar-refractivity contribution in [3.8, 4) is 17.1 Å². The first-order valence-electron chi connectivity index (χ1n) is 8.74. The van der Waals surface area contributed by atoms with Crippen LogP contribution in [0.2, 0.25) is 0 Å². The molecule has 1 aliphatic rings. The minimum absolute atomic E-state index is 0.0325. The van der Waals surface area contributed by atoms with Crippen LogP contribution in [0.25, 0.3) is 17.4 Å². The van der Waals surface area contributed by atoms with E-state index in [-0.39, 0.29) is 15.8 Å².